The quantitative estimate of drug-likeness (QED) is 0.633. The zero-order valence-electron chi connectivity index (χ0n) is 15.0. The number of benzene rings is 1. The Kier molecular flexibility index (Phi) is 5.97. The molecule has 0 aliphatic carbocycles. The number of nitrogens with two attached hydrogens (primary N) is 1. The maximum atomic E-state index is 12.5. The van der Waals surface area contributed by atoms with Crippen molar-refractivity contribution in [3.63, 3.8) is 0 Å². The largest absolute Gasteiger partial charge is 0.488 e. The number of anilines is 1. The van der Waals surface area contributed by atoms with E-state index < -0.39 is 0 Å². The molecule has 1 fully saturated rings. The molecule has 25 heavy (non-hydrogen) atoms. The van der Waals surface area contributed by atoms with Crippen molar-refractivity contribution in [1.82, 2.24) is 4.90 Å². The summed E-state index contributed by atoms with van der Waals surface area (Å²) >= 11 is 0. The normalized spacial score (nSPS) is 17.8. The third-order valence-electron chi connectivity index (χ3n) is 5.04. The first-order chi connectivity index (χ1) is 12.2. The lowest BCUT2D eigenvalue weighted by molar-refractivity contribution is 0.0368. The van der Waals surface area contributed by atoms with E-state index in [0.717, 1.165) is 31.5 Å². The highest BCUT2D eigenvalue weighted by Crippen LogP contribution is 2.33. The molecule has 136 valence electrons. The molecule has 5 heteroatoms. The van der Waals surface area contributed by atoms with Gasteiger partial charge in [-0.25, -0.2) is 4.79 Å². The molecule has 0 radical (unpaired) electrons. The van der Waals surface area contributed by atoms with Gasteiger partial charge in [-0.15, -0.1) is 0 Å². The van der Waals surface area contributed by atoms with Gasteiger partial charge >= 0.3 is 5.97 Å². The first kappa shape index (κ1) is 17.8. The third kappa shape index (κ3) is 4.34. The highest BCUT2D eigenvalue weighted by atomic mass is 16.5. The smallest absolute Gasteiger partial charge is 0.341 e. The highest BCUT2D eigenvalue weighted by molar-refractivity contribution is 5.95. The van der Waals surface area contributed by atoms with E-state index in [2.05, 4.69) is 11.8 Å². The van der Waals surface area contributed by atoms with Crippen LogP contribution in [0.5, 0.6) is 5.75 Å². The van der Waals surface area contributed by atoms with E-state index in [1.807, 2.05) is 12.2 Å². The van der Waals surface area contributed by atoms with Crippen molar-refractivity contribution >= 4 is 17.7 Å². The summed E-state index contributed by atoms with van der Waals surface area (Å²) in [6.07, 6.45) is 8.47. The standard InChI is InChI=1S/C20H28N2O3/c1-2-3-10-22-11-8-15(9-12-22)14-25-20(23)17-6-7-18(21)16-5-4-13-24-19(16)17/h4-7,15H,2-3,8-14,21H2,1H3. The molecule has 2 N–H and O–H groups in total. The number of rotatable bonds is 6. The Hall–Kier alpha value is -2.01. The van der Waals surface area contributed by atoms with Gasteiger partial charge in [0.2, 0.25) is 0 Å². The van der Waals surface area contributed by atoms with Crippen LogP contribution in [-0.2, 0) is 4.74 Å². The Morgan fingerprint density at radius 3 is 2.92 bits per heavy atom. The predicted molar refractivity (Wildman–Crippen MR) is 99.7 cm³/mol. The number of hydrogen-bond donors (Lipinski definition) is 1. The number of hydrogen-bond acceptors (Lipinski definition) is 5. The number of fused-ring (bicyclic) bond motifs is 1. The van der Waals surface area contributed by atoms with Crippen molar-refractivity contribution in [2.75, 3.05) is 38.6 Å². The van der Waals surface area contributed by atoms with Crippen LogP contribution in [0.2, 0.25) is 0 Å². The molecule has 0 amide bonds. The number of esters is 1. The Labute approximate surface area is 149 Å². The molecule has 2 aliphatic heterocycles. The van der Waals surface area contributed by atoms with Crippen LogP contribution in [0, 0.1) is 5.92 Å². The minimum absolute atomic E-state index is 0.319. The van der Waals surface area contributed by atoms with Gasteiger partial charge in [-0.3, -0.25) is 0 Å². The summed E-state index contributed by atoms with van der Waals surface area (Å²) in [6, 6.07) is 3.43. The lowest BCUT2D eigenvalue weighted by Crippen LogP contribution is -2.36. The van der Waals surface area contributed by atoms with Crippen molar-refractivity contribution in [3.05, 3.63) is 29.3 Å². The summed E-state index contributed by atoms with van der Waals surface area (Å²) in [5, 5.41) is 0. The first-order valence-electron chi connectivity index (χ1n) is 9.30. The van der Waals surface area contributed by atoms with Gasteiger partial charge in [0.05, 0.1) is 6.61 Å². The Morgan fingerprint density at radius 1 is 1.36 bits per heavy atom. The van der Waals surface area contributed by atoms with E-state index in [9.17, 15) is 4.79 Å². The average molecular weight is 344 g/mol. The minimum Gasteiger partial charge on any atom is -0.488 e. The van der Waals surface area contributed by atoms with Crippen LogP contribution in [0.4, 0.5) is 5.69 Å². The number of carbonyl (C=O) groups is 1. The first-order valence-corrected chi connectivity index (χ1v) is 9.30. The Balaban J connectivity index is 1.53. The van der Waals surface area contributed by atoms with E-state index in [4.69, 9.17) is 15.2 Å². The Morgan fingerprint density at radius 2 is 2.16 bits per heavy atom. The second-order valence-electron chi connectivity index (χ2n) is 6.90. The summed E-state index contributed by atoms with van der Waals surface area (Å²) in [6.45, 7) is 6.55. The maximum absolute atomic E-state index is 12.5. The second kappa shape index (κ2) is 8.39. The molecular formula is C20H28N2O3. The summed E-state index contributed by atoms with van der Waals surface area (Å²) < 4.78 is 11.2. The summed E-state index contributed by atoms with van der Waals surface area (Å²) in [4.78, 5) is 15.0. The molecule has 0 bridgehead atoms. The topological polar surface area (TPSA) is 64.8 Å². The maximum Gasteiger partial charge on any atom is 0.341 e. The molecule has 1 aromatic carbocycles. The van der Waals surface area contributed by atoms with Gasteiger partial charge in [-0.2, -0.15) is 0 Å². The number of nitrogen functional groups attached to an aromatic ring is 1. The molecular weight excluding hydrogens is 316 g/mol. The molecule has 0 spiro atoms. The van der Waals surface area contributed by atoms with E-state index in [-0.39, 0.29) is 5.97 Å². The van der Waals surface area contributed by atoms with E-state index in [1.54, 1.807) is 12.1 Å². The summed E-state index contributed by atoms with van der Waals surface area (Å²) in [5.74, 6) is 0.675. The van der Waals surface area contributed by atoms with Crippen LogP contribution < -0.4 is 10.5 Å². The summed E-state index contributed by atoms with van der Waals surface area (Å²) in [7, 11) is 0. The number of unbranched alkanes of at least 4 members (excludes halogenated alkanes) is 1. The number of piperidine rings is 1. The van der Waals surface area contributed by atoms with Crippen molar-refractivity contribution in [1.29, 1.82) is 0 Å². The number of likely N-dealkylation sites (tertiary alicyclic amines) is 1. The zero-order chi connectivity index (χ0) is 17.6. The van der Waals surface area contributed by atoms with Crippen LogP contribution >= 0.6 is 0 Å². The number of nitrogens with zero attached hydrogens (tertiary/aromatic N) is 1. The molecule has 0 atom stereocenters. The van der Waals surface area contributed by atoms with E-state index in [0.29, 0.717) is 36.1 Å². The van der Waals surface area contributed by atoms with Crippen molar-refractivity contribution in [3.8, 4) is 5.75 Å². The lowest BCUT2D eigenvalue weighted by Gasteiger charge is -2.31. The molecule has 1 aromatic rings. The monoisotopic (exact) mass is 344 g/mol. The van der Waals surface area contributed by atoms with Crippen LogP contribution in [0.1, 0.15) is 48.5 Å². The van der Waals surface area contributed by atoms with Gasteiger partial charge in [0.1, 0.15) is 17.9 Å². The molecule has 2 aliphatic rings. The van der Waals surface area contributed by atoms with E-state index >= 15 is 0 Å². The molecule has 5 nitrogen and oxygen atoms in total. The van der Waals surface area contributed by atoms with Crippen LogP contribution in [-0.4, -0.2) is 43.7 Å². The van der Waals surface area contributed by atoms with Gasteiger partial charge in [-0.1, -0.05) is 13.3 Å². The van der Waals surface area contributed by atoms with Crippen LogP contribution in [0.3, 0.4) is 0 Å². The summed E-state index contributed by atoms with van der Waals surface area (Å²) in [5.41, 5.74) is 7.81. The van der Waals surface area contributed by atoms with Gasteiger partial charge in [-0.05, 0) is 69.1 Å². The molecule has 2 heterocycles. The number of carbonyl (C=O) groups excluding carboxylic acids is 1. The third-order valence-corrected chi connectivity index (χ3v) is 5.04. The second-order valence-corrected chi connectivity index (χ2v) is 6.90. The SMILES string of the molecule is CCCCN1CCC(COC(=O)c2ccc(N)c3c2OCC=C3)CC1. The van der Waals surface area contributed by atoms with Gasteiger partial charge in [0.15, 0.2) is 0 Å². The molecule has 0 unspecified atom stereocenters. The highest BCUT2D eigenvalue weighted by Gasteiger charge is 2.23. The van der Waals surface area contributed by atoms with Crippen molar-refractivity contribution < 1.29 is 14.3 Å². The van der Waals surface area contributed by atoms with Gasteiger partial charge < -0.3 is 20.1 Å². The predicted octanol–water partition coefficient (Wildman–Crippen LogP) is 3.34. The molecule has 1 saturated heterocycles. The molecule has 3 rings (SSSR count). The number of ether oxygens (including phenoxy) is 2. The fraction of sp³-hybridized carbons (Fsp3) is 0.550. The van der Waals surface area contributed by atoms with Crippen molar-refractivity contribution in [2.24, 2.45) is 5.92 Å². The van der Waals surface area contributed by atoms with Gasteiger partial charge in [0, 0.05) is 11.3 Å². The fourth-order valence-corrected chi connectivity index (χ4v) is 3.43. The lowest BCUT2D eigenvalue weighted by atomic mass is 9.97. The average Bonchev–Trinajstić information content (AvgIpc) is 2.66. The van der Waals surface area contributed by atoms with Crippen LogP contribution in [0.15, 0.2) is 18.2 Å². The molecule has 0 aromatic heterocycles. The van der Waals surface area contributed by atoms with Crippen LogP contribution in [0.25, 0.3) is 6.08 Å². The molecule has 0 saturated carbocycles. The van der Waals surface area contributed by atoms with E-state index in [1.165, 1.54) is 19.4 Å². The van der Waals surface area contributed by atoms with Crippen molar-refractivity contribution in [2.45, 2.75) is 32.6 Å². The minimum atomic E-state index is -0.319. The zero-order valence-corrected chi connectivity index (χ0v) is 15.0. The Bertz CT molecular complexity index is 634. The fourth-order valence-electron chi connectivity index (χ4n) is 3.43. The van der Waals surface area contributed by atoms with Gasteiger partial charge in [0.25, 0.3) is 0 Å².